The molecule has 5 heteroatoms. The van der Waals surface area contributed by atoms with Crippen molar-refractivity contribution in [1.82, 2.24) is 9.78 Å². The molecule has 0 aliphatic heterocycles. The predicted molar refractivity (Wildman–Crippen MR) is 59.3 cm³/mol. The minimum atomic E-state index is -0.846. The maximum atomic E-state index is 10.7. The maximum Gasteiger partial charge on any atom is 0.307 e. The number of carbonyl (C=O) groups is 1. The molecule has 2 N–H and O–H groups in total. The summed E-state index contributed by atoms with van der Waals surface area (Å²) >= 11 is 0. The lowest BCUT2D eigenvalue weighted by molar-refractivity contribution is -0.136. The number of aliphatic hydroxyl groups excluding tert-OH is 1. The zero-order valence-electron chi connectivity index (χ0n) is 9.90. The Bertz CT molecular complexity index is 383. The molecular formula is C11H18N2O3. The van der Waals surface area contributed by atoms with E-state index in [0.717, 1.165) is 17.0 Å². The second-order valence-electron chi connectivity index (χ2n) is 4.08. The number of aromatic nitrogens is 2. The standard InChI is InChI=1S/C11H18N2O3/c1-7(14)4-5-13-9(3)10(6-11(15)16)8(2)12-13/h7,14H,4-6H2,1-3H3,(H,15,16). The summed E-state index contributed by atoms with van der Waals surface area (Å²) in [5.74, 6) is -0.846. The zero-order valence-corrected chi connectivity index (χ0v) is 9.90. The maximum absolute atomic E-state index is 10.7. The van der Waals surface area contributed by atoms with Gasteiger partial charge in [0.15, 0.2) is 0 Å². The number of aryl methyl sites for hydroxylation is 2. The molecule has 1 unspecified atom stereocenters. The summed E-state index contributed by atoms with van der Waals surface area (Å²) in [6.07, 6.45) is 0.257. The highest BCUT2D eigenvalue weighted by atomic mass is 16.4. The van der Waals surface area contributed by atoms with Crippen LogP contribution in [-0.2, 0) is 17.8 Å². The van der Waals surface area contributed by atoms with Crippen LogP contribution in [0, 0.1) is 13.8 Å². The van der Waals surface area contributed by atoms with Crippen LogP contribution in [0.3, 0.4) is 0 Å². The number of hydrogen-bond donors (Lipinski definition) is 2. The van der Waals surface area contributed by atoms with Crippen molar-refractivity contribution in [2.45, 2.75) is 46.3 Å². The fourth-order valence-corrected chi connectivity index (χ4v) is 1.67. The molecule has 1 aromatic rings. The summed E-state index contributed by atoms with van der Waals surface area (Å²) in [4.78, 5) is 10.7. The minimum Gasteiger partial charge on any atom is -0.481 e. The van der Waals surface area contributed by atoms with Crippen molar-refractivity contribution in [2.75, 3.05) is 0 Å². The summed E-state index contributed by atoms with van der Waals surface area (Å²) < 4.78 is 1.76. The van der Waals surface area contributed by atoms with Crippen LogP contribution in [0.25, 0.3) is 0 Å². The van der Waals surface area contributed by atoms with Crippen LogP contribution in [0.15, 0.2) is 0 Å². The quantitative estimate of drug-likeness (QED) is 0.782. The van der Waals surface area contributed by atoms with Gasteiger partial charge < -0.3 is 10.2 Å². The van der Waals surface area contributed by atoms with Crippen LogP contribution in [0.2, 0.25) is 0 Å². The Morgan fingerprint density at radius 2 is 2.12 bits per heavy atom. The second kappa shape index (κ2) is 5.12. The summed E-state index contributed by atoms with van der Waals surface area (Å²) in [6, 6.07) is 0. The van der Waals surface area contributed by atoms with Gasteiger partial charge in [-0.25, -0.2) is 0 Å². The summed E-state index contributed by atoms with van der Waals surface area (Å²) in [6.45, 7) is 6.01. The first kappa shape index (κ1) is 12.7. The van der Waals surface area contributed by atoms with Crippen molar-refractivity contribution in [3.63, 3.8) is 0 Å². The van der Waals surface area contributed by atoms with Gasteiger partial charge in [-0.05, 0) is 27.2 Å². The van der Waals surface area contributed by atoms with Gasteiger partial charge in [0.1, 0.15) is 0 Å². The van der Waals surface area contributed by atoms with E-state index in [1.807, 2.05) is 13.8 Å². The molecule has 0 spiro atoms. The van der Waals surface area contributed by atoms with E-state index in [4.69, 9.17) is 5.11 Å². The molecule has 5 nitrogen and oxygen atoms in total. The average Bonchev–Trinajstić information content (AvgIpc) is 2.42. The van der Waals surface area contributed by atoms with E-state index < -0.39 is 5.97 Å². The molecule has 1 heterocycles. The Kier molecular flexibility index (Phi) is 4.06. The predicted octanol–water partition coefficient (Wildman–Crippen LogP) is 0.898. The fraction of sp³-hybridized carbons (Fsp3) is 0.636. The summed E-state index contributed by atoms with van der Waals surface area (Å²) in [7, 11) is 0. The molecule has 0 fully saturated rings. The van der Waals surface area contributed by atoms with E-state index in [9.17, 15) is 9.90 Å². The Balaban J connectivity index is 2.84. The first-order valence-corrected chi connectivity index (χ1v) is 5.34. The number of rotatable bonds is 5. The Morgan fingerprint density at radius 1 is 1.50 bits per heavy atom. The van der Waals surface area contributed by atoms with E-state index in [-0.39, 0.29) is 12.5 Å². The van der Waals surface area contributed by atoms with Gasteiger partial charge in [0.25, 0.3) is 0 Å². The van der Waals surface area contributed by atoms with Gasteiger partial charge in [-0.3, -0.25) is 9.48 Å². The molecule has 1 atom stereocenters. The monoisotopic (exact) mass is 226 g/mol. The molecular weight excluding hydrogens is 208 g/mol. The first-order valence-electron chi connectivity index (χ1n) is 5.34. The van der Waals surface area contributed by atoms with Crippen molar-refractivity contribution in [3.05, 3.63) is 17.0 Å². The Hall–Kier alpha value is -1.36. The lowest BCUT2D eigenvalue weighted by Gasteiger charge is -2.06. The van der Waals surface area contributed by atoms with Crippen LogP contribution < -0.4 is 0 Å². The van der Waals surface area contributed by atoms with Crippen LogP contribution in [0.4, 0.5) is 0 Å². The summed E-state index contributed by atoms with van der Waals surface area (Å²) in [5.41, 5.74) is 2.41. The van der Waals surface area contributed by atoms with Crippen LogP contribution >= 0.6 is 0 Å². The number of carboxylic acid groups (broad SMARTS) is 1. The van der Waals surface area contributed by atoms with Gasteiger partial charge in [0.05, 0.1) is 18.2 Å². The van der Waals surface area contributed by atoms with E-state index in [1.54, 1.807) is 11.6 Å². The second-order valence-corrected chi connectivity index (χ2v) is 4.08. The summed E-state index contributed by atoms with van der Waals surface area (Å²) in [5, 5.41) is 22.2. The molecule has 0 bridgehead atoms. The third-order valence-corrected chi connectivity index (χ3v) is 2.62. The van der Waals surface area contributed by atoms with Gasteiger partial charge >= 0.3 is 5.97 Å². The van der Waals surface area contributed by atoms with Gasteiger partial charge in [-0.2, -0.15) is 5.10 Å². The topological polar surface area (TPSA) is 75.3 Å². The molecule has 0 aliphatic rings. The minimum absolute atomic E-state index is 0.00629. The van der Waals surface area contributed by atoms with E-state index >= 15 is 0 Å². The van der Waals surface area contributed by atoms with E-state index in [1.165, 1.54) is 0 Å². The van der Waals surface area contributed by atoms with Crippen molar-refractivity contribution in [2.24, 2.45) is 0 Å². The van der Waals surface area contributed by atoms with E-state index in [0.29, 0.717) is 13.0 Å². The third kappa shape index (κ3) is 3.06. The van der Waals surface area contributed by atoms with Crippen molar-refractivity contribution in [3.8, 4) is 0 Å². The highest BCUT2D eigenvalue weighted by Crippen LogP contribution is 2.14. The molecule has 0 saturated heterocycles. The van der Waals surface area contributed by atoms with Crippen LogP contribution in [0.1, 0.15) is 30.3 Å². The number of aliphatic carboxylic acids is 1. The highest BCUT2D eigenvalue weighted by Gasteiger charge is 2.14. The van der Waals surface area contributed by atoms with Crippen molar-refractivity contribution in [1.29, 1.82) is 0 Å². The van der Waals surface area contributed by atoms with Crippen LogP contribution in [-0.4, -0.2) is 32.1 Å². The van der Waals surface area contributed by atoms with Gasteiger partial charge in [0, 0.05) is 17.8 Å². The highest BCUT2D eigenvalue weighted by molar-refractivity contribution is 5.70. The Labute approximate surface area is 94.7 Å². The van der Waals surface area contributed by atoms with Gasteiger partial charge in [-0.15, -0.1) is 0 Å². The molecule has 1 aromatic heterocycles. The SMILES string of the molecule is Cc1nn(CCC(C)O)c(C)c1CC(=O)O. The lowest BCUT2D eigenvalue weighted by atomic mass is 10.1. The first-order chi connectivity index (χ1) is 7.41. The smallest absolute Gasteiger partial charge is 0.307 e. The van der Waals surface area contributed by atoms with E-state index in [2.05, 4.69) is 5.10 Å². The van der Waals surface area contributed by atoms with Crippen LogP contribution in [0.5, 0.6) is 0 Å². The molecule has 0 amide bonds. The Morgan fingerprint density at radius 3 is 2.62 bits per heavy atom. The average molecular weight is 226 g/mol. The number of nitrogens with zero attached hydrogens (tertiary/aromatic N) is 2. The molecule has 0 aromatic carbocycles. The van der Waals surface area contributed by atoms with Gasteiger partial charge in [0.2, 0.25) is 0 Å². The number of carboxylic acids is 1. The third-order valence-electron chi connectivity index (χ3n) is 2.62. The largest absolute Gasteiger partial charge is 0.481 e. The fourth-order valence-electron chi connectivity index (χ4n) is 1.67. The van der Waals surface area contributed by atoms with Crippen molar-refractivity contribution < 1.29 is 15.0 Å². The number of aliphatic hydroxyl groups is 1. The lowest BCUT2D eigenvalue weighted by Crippen LogP contribution is -2.10. The zero-order chi connectivity index (χ0) is 12.3. The van der Waals surface area contributed by atoms with Gasteiger partial charge in [-0.1, -0.05) is 0 Å². The molecule has 0 aliphatic carbocycles. The molecule has 90 valence electrons. The molecule has 0 radical (unpaired) electrons. The molecule has 16 heavy (non-hydrogen) atoms. The molecule has 1 rings (SSSR count). The van der Waals surface area contributed by atoms with Crippen molar-refractivity contribution >= 4 is 5.97 Å². The normalized spacial score (nSPS) is 12.8. The molecule has 0 saturated carbocycles. The number of hydrogen-bond acceptors (Lipinski definition) is 3.